The van der Waals surface area contributed by atoms with Crippen molar-refractivity contribution < 1.29 is 19.4 Å². The normalized spacial score (nSPS) is 14.7. The highest BCUT2D eigenvalue weighted by Crippen LogP contribution is 2.14. The van der Waals surface area contributed by atoms with E-state index in [0.717, 1.165) is 11.1 Å². The molecule has 0 saturated carbocycles. The summed E-state index contributed by atoms with van der Waals surface area (Å²) in [5, 5.41) is 12.3. The summed E-state index contributed by atoms with van der Waals surface area (Å²) in [6.45, 7) is 10.2. The van der Waals surface area contributed by atoms with E-state index in [2.05, 4.69) is 5.32 Å². The first kappa shape index (κ1) is 21.2. The molecule has 0 bridgehead atoms. The molecule has 0 aromatic heterocycles. The first-order valence-corrected chi connectivity index (χ1v) is 8.61. The number of amides is 1. The molecule has 1 rings (SSSR count). The van der Waals surface area contributed by atoms with Crippen molar-refractivity contribution >= 4 is 6.09 Å². The topological polar surface area (TPSA) is 67.8 Å². The van der Waals surface area contributed by atoms with Gasteiger partial charge in [-0.25, -0.2) is 4.79 Å². The summed E-state index contributed by atoms with van der Waals surface area (Å²) in [5.41, 5.74) is 1.48. The molecule has 0 aliphatic rings. The lowest BCUT2D eigenvalue weighted by Crippen LogP contribution is -2.44. The smallest absolute Gasteiger partial charge is 0.408 e. The number of rotatable bonds is 8. The molecule has 0 aliphatic carbocycles. The van der Waals surface area contributed by atoms with E-state index in [9.17, 15) is 9.90 Å². The number of carbonyl (C=O) groups excluding carboxylic acids is 1. The minimum absolute atomic E-state index is 0.0312. The highest BCUT2D eigenvalue weighted by Gasteiger charge is 2.24. The van der Waals surface area contributed by atoms with Crippen LogP contribution in [0.4, 0.5) is 4.79 Å². The van der Waals surface area contributed by atoms with Gasteiger partial charge in [0.05, 0.1) is 19.3 Å². The van der Waals surface area contributed by atoms with Crippen LogP contribution in [0.25, 0.3) is 0 Å². The summed E-state index contributed by atoms with van der Waals surface area (Å²) in [6.07, 6.45) is 1.44. The van der Waals surface area contributed by atoms with Crippen molar-refractivity contribution in [1.29, 1.82) is 0 Å². The fourth-order valence-corrected chi connectivity index (χ4v) is 2.31. The van der Waals surface area contributed by atoms with E-state index in [0.29, 0.717) is 13.2 Å². The molecule has 2 N–H and O–H groups in total. The van der Waals surface area contributed by atoms with E-state index in [1.54, 1.807) is 0 Å². The van der Waals surface area contributed by atoms with Gasteiger partial charge in [0.15, 0.2) is 0 Å². The molecular formula is C20H31NO4. The Bertz CT molecular complexity index is 549. The molecule has 0 spiro atoms. The minimum atomic E-state index is -0.562. The van der Waals surface area contributed by atoms with Crippen LogP contribution in [0.15, 0.2) is 42.0 Å². The third-order valence-electron chi connectivity index (χ3n) is 3.65. The van der Waals surface area contributed by atoms with E-state index in [-0.39, 0.29) is 18.6 Å². The number of aliphatic hydroxyl groups excluding tert-OH is 1. The lowest BCUT2D eigenvalue weighted by Gasteiger charge is -2.27. The van der Waals surface area contributed by atoms with Gasteiger partial charge in [0.2, 0.25) is 0 Å². The molecule has 1 amide bonds. The van der Waals surface area contributed by atoms with Crippen molar-refractivity contribution in [3.8, 4) is 0 Å². The summed E-state index contributed by atoms with van der Waals surface area (Å²) in [6, 6.07) is 9.64. The van der Waals surface area contributed by atoms with Crippen LogP contribution in [0, 0.1) is 5.92 Å². The van der Waals surface area contributed by atoms with Crippen LogP contribution >= 0.6 is 0 Å². The summed E-state index contributed by atoms with van der Waals surface area (Å²) >= 11 is 0. The van der Waals surface area contributed by atoms with Crippen LogP contribution in [0.5, 0.6) is 0 Å². The monoisotopic (exact) mass is 349 g/mol. The standard InChI is InChI=1S/C20H31NO4/c1-15(11-12-24-14-17-9-7-6-8-10-17)18(16(2)13-22)21-19(23)25-20(3,4)5/h6-11,16,18,22H,12-14H2,1-5H3,(H,21,23)/t16-,18+/m0/s1. The molecule has 0 saturated heterocycles. The molecule has 2 atom stereocenters. The molecule has 0 aliphatic heterocycles. The maximum Gasteiger partial charge on any atom is 0.408 e. The van der Waals surface area contributed by atoms with Gasteiger partial charge in [0, 0.05) is 12.5 Å². The molecule has 1 aromatic rings. The summed E-state index contributed by atoms with van der Waals surface area (Å²) in [7, 11) is 0. The Kier molecular flexibility index (Phi) is 8.66. The second-order valence-corrected chi connectivity index (χ2v) is 7.23. The van der Waals surface area contributed by atoms with Crippen LogP contribution in [-0.2, 0) is 16.1 Å². The van der Waals surface area contributed by atoms with Gasteiger partial charge in [-0.05, 0) is 33.3 Å². The van der Waals surface area contributed by atoms with E-state index < -0.39 is 11.7 Å². The fraction of sp³-hybridized carbons (Fsp3) is 0.550. The number of nitrogens with one attached hydrogen (secondary N) is 1. The lowest BCUT2D eigenvalue weighted by atomic mass is 9.96. The van der Waals surface area contributed by atoms with Crippen LogP contribution < -0.4 is 5.32 Å². The van der Waals surface area contributed by atoms with Gasteiger partial charge in [0.25, 0.3) is 0 Å². The zero-order valence-electron chi connectivity index (χ0n) is 15.9. The second-order valence-electron chi connectivity index (χ2n) is 7.23. The minimum Gasteiger partial charge on any atom is -0.444 e. The van der Waals surface area contributed by atoms with Gasteiger partial charge in [-0.3, -0.25) is 0 Å². The van der Waals surface area contributed by atoms with Crippen molar-refractivity contribution in [1.82, 2.24) is 5.32 Å². The largest absolute Gasteiger partial charge is 0.444 e. The average Bonchev–Trinajstić information content (AvgIpc) is 2.55. The van der Waals surface area contributed by atoms with Crippen molar-refractivity contribution in [3.05, 3.63) is 47.5 Å². The third kappa shape index (κ3) is 8.70. The fourth-order valence-electron chi connectivity index (χ4n) is 2.31. The van der Waals surface area contributed by atoms with Crippen LogP contribution in [0.3, 0.4) is 0 Å². The zero-order valence-corrected chi connectivity index (χ0v) is 15.9. The molecular weight excluding hydrogens is 318 g/mol. The summed E-state index contributed by atoms with van der Waals surface area (Å²) in [5.74, 6) is -0.127. The van der Waals surface area contributed by atoms with Crippen molar-refractivity contribution in [2.75, 3.05) is 13.2 Å². The molecule has 0 unspecified atom stereocenters. The van der Waals surface area contributed by atoms with Gasteiger partial charge in [-0.15, -0.1) is 0 Å². The Labute approximate surface area is 151 Å². The highest BCUT2D eigenvalue weighted by molar-refractivity contribution is 5.68. The van der Waals surface area contributed by atoms with Crippen molar-refractivity contribution in [3.63, 3.8) is 0 Å². The number of hydrogen-bond acceptors (Lipinski definition) is 4. The molecule has 25 heavy (non-hydrogen) atoms. The molecule has 1 aromatic carbocycles. The number of aliphatic hydroxyl groups is 1. The predicted molar refractivity (Wildman–Crippen MR) is 99.3 cm³/mol. The molecule has 0 fully saturated rings. The van der Waals surface area contributed by atoms with Gasteiger partial charge in [-0.1, -0.05) is 48.9 Å². The molecule has 0 radical (unpaired) electrons. The summed E-state index contributed by atoms with van der Waals surface area (Å²) < 4.78 is 11.0. The van der Waals surface area contributed by atoms with Gasteiger partial charge < -0.3 is 19.9 Å². The molecule has 5 heteroatoms. The third-order valence-corrected chi connectivity index (χ3v) is 3.65. The van der Waals surface area contributed by atoms with E-state index >= 15 is 0 Å². The molecule has 0 heterocycles. The Morgan fingerprint density at radius 2 is 1.92 bits per heavy atom. The van der Waals surface area contributed by atoms with E-state index in [4.69, 9.17) is 9.47 Å². The van der Waals surface area contributed by atoms with E-state index in [1.165, 1.54) is 0 Å². The van der Waals surface area contributed by atoms with Gasteiger partial charge >= 0.3 is 6.09 Å². The van der Waals surface area contributed by atoms with E-state index in [1.807, 2.05) is 71.0 Å². The lowest BCUT2D eigenvalue weighted by molar-refractivity contribution is 0.0488. The van der Waals surface area contributed by atoms with Crippen LogP contribution in [0.1, 0.15) is 40.2 Å². The first-order chi connectivity index (χ1) is 11.7. The second kappa shape index (κ2) is 10.2. The first-order valence-electron chi connectivity index (χ1n) is 8.61. The van der Waals surface area contributed by atoms with Crippen LogP contribution in [0.2, 0.25) is 0 Å². The van der Waals surface area contributed by atoms with Crippen LogP contribution in [-0.4, -0.2) is 36.1 Å². The maximum atomic E-state index is 12.0. The Hall–Kier alpha value is -1.85. The van der Waals surface area contributed by atoms with Crippen molar-refractivity contribution in [2.24, 2.45) is 5.92 Å². The van der Waals surface area contributed by atoms with Gasteiger partial charge in [-0.2, -0.15) is 0 Å². The predicted octanol–water partition coefficient (Wildman–Crippen LogP) is 3.67. The number of benzene rings is 1. The Balaban J connectivity index is 2.59. The quantitative estimate of drug-likeness (QED) is 0.555. The highest BCUT2D eigenvalue weighted by atomic mass is 16.6. The zero-order chi connectivity index (χ0) is 18.9. The number of carbonyl (C=O) groups is 1. The number of hydrogen-bond donors (Lipinski definition) is 2. The maximum absolute atomic E-state index is 12.0. The average molecular weight is 349 g/mol. The Morgan fingerprint density at radius 1 is 1.28 bits per heavy atom. The molecule has 140 valence electrons. The van der Waals surface area contributed by atoms with Gasteiger partial charge in [0.1, 0.15) is 5.60 Å². The molecule has 5 nitrogen and oxygen atoms in total. The SMILES string of the molecule is CC(=CCOCc1ccccc1)[C@@H](NC(=O)OC(C)(C)C)[C@@H](C)CO. The Morgan fingerprint density at radius 3 is 2.48 bits per heavy atom. The number of ether oxygens (including phenoxy) is 2. The van der Waals surface area contributed by atoms with Crippen molar-refractivity contribution in [2.45, 2.75) is 52.9 Å². The number of alkyl carbamates (subject to hydrolysis) is 1. The summed E-state index contributed by atoms with van der Waals surface area (Å²) in [4.78, 5) is 12.0.